The largest absolute Gasteiger partial charge is 0.493 e. The minimum atomic E-state index is -0.966. The number of aromatic carboxylic acids is 1. The van der Waals surface area contributed by atoms with E-state index in [0.29, 0.717) is 29.7 Å². The Morgan fingerprint density at radius 2 is 1.84 bits per heavy atom. The molecule has 0 saturated carbocycles. The van der Waals surface area contributed by atoms with Gasteiger partial charge in [-0.2, -0.15) is 0 Å². The quantitative estimate of drug-likeness (QED) is 0.349. The summed E-state index contributed by atoms with van der Waals surface area (Å²) in [5, 5.41) is 12.0. The molecular weight excluding hydrogens is 472 g/mol. The maximum Gasteiger partial charge on any atom is 0.335 e. The van der Waals surface area contributed by atoms with E-state index >= 15 is 0 Å². The van der Waals surface area contributed by atoms with Gasteiger partial charge in [0.25, 0.3) is 5.91 Å². The van der Waals surface area contributed by atoms with Crippen LogP contribution in [-0.4, -0.2) is 46.6 Å². The molecule has 4 aromatic rings. The first kappa shape index (κ1) is 24.1. The van der Waals surface area contributed by atoms with Crippen molar-refractivity contribution in [3.63, 3.8) is 0 Å². The standard InChI is InChI=1S/C28H26N4O5/c33-27(25-26(37-18-30-25)20-5-2-1-3-6-20)31-22-9-10-24(29-16-22)32-13-11-19(12-14-32)17-36-23-8-4-7-21(15-23)28(34)35/h1-10,15-16,18-19H,11-14,17H2,(H,31,33)(H,34,35). The SMILES string of the molecule is O=C(O)c1cccc(OCC2CCN(c3ccc(NC(=O)c4ncoc4-c4ccccc4)cn3)CC2)c1. The molecular formula is C28H26N4O5. The summed E-state index contributed by atoms with van der Waals surface area (Å²) < 4.78 is 11.3. The third-order valence-electron chi connectivity index (χ3n) is 6.33. The molecule has 37 heavy (non-hydrogen) atoms. The van der Waals surface area contributed by atoms with Crippen molar-refractivity contribution in [1.29, 1.82) is 0 Å². The summed E-state index contributed by atoms with van der Waals surface area (Å²) in [6, 6.07) is 19.6. The predicted molar refractivity (Wildman–Crippen MR) is 138 cm³/mol. The summed E-state index contributed by atoms with van der Waals surface area (Å²) in [6.07, 6.45) is 4.78. The van der Waals surface area contributed by atoms with Crippen LogP contribution in [0.5, 0.6) is 5.75 Å². The fourth-order valence-corrected chi connectivity index (χ4v) is 4.30. The topological polar surface area (TPSA) is 118 Å². The minimum absolute atomic E-state index is 0.217. The van der Waals surface area contributed by atoms with Crippen LogP contribution in [-0.2, 0) is 0 Å². The number of nitrogens with one attached hydrogen (secondary N) is 1. The minimum Gasteiger partial charge on any atom is -0.493 e. The van der Waals surface area contributed by atoms with E-state index in [1.54, 1.807) is 30.5 Å². The summed E-state index contributed by atoms with van der Waals surface area (Å²) >= 11 is 0. The first-order valence-electron chi connectivity index (χ1n) is 12.0. The number of ether oxygens (including phenoxy) is 1. The molecule has 0 aliphatic carbocycles. The zero-order valence-corrected chi connectivity index (χ0v) is 20.0. The molecule has 1 fully saturated rings. The van der Waals surface area contributed by atoms with Gasteiger partial charge in [-0.1, -0.05) is 36.4 Å². The molecule has 1 amide bonds. The predicted octanol–water partition coefficient (Wildman–Crippen LogP) is 4.98. The molecule has 2 aromatic heterocycles. The summed E-state index contributed by atoms with van der Waals surface area (Å²) in [5.74, 6) is 0.888. The number of anilines is 2. The number of carboxylic acids is 1. The molecule has 5 rings (SSSR count). The van der Waals surface area contributed by atoms with E-state index in [2.05, 4.69) is 20.2 Å². The van der Waals surface area contributed by atoms with Crippen LogP contribution >= 0.6 is 0 Å². The lowest BCUT2D eigenvalue weighted by atomic mass is 9.98. The van der Waals surface area contributed by atoms with Gasteiger partial charge >= 0.3 is 5.97 Å². The molecule has 9 nitrogen and oxygen atoms in total. The van der Waals surface area contributed by atoms with E-state index in [1.165, 1.54) is 6.39 Å². The first-order valence-corrected chi connectivity index (χ1v) is 12.0. The zero-order valence-electron chi connectivity index (χ0n) is 20.0. The van der Waals surface area contributed by atoms with Gasteiger partial charge in [-0.05, 0) is 49.1 Å². The van der Waals surface area contributed by atoms with Gasteiger partial charge in [0.05, 0.1) is 24.1 Å². The van der Waals surface area contributed by atoms with Gasteiger partial charge in [0, 0.05) is 18.7 Å². The van der Waals surface area contributed by atoms with E-state index in [9.17, 15) is 9.59 Å². The van der Waals surface area contributed by atoms with Crippen molar-refractivity contribution in [2.24, 2.45) is 5.92 Å². The number of benzene rings is 2. The lowest BCUT2D eigenvalue weighted by Gasteiger charge is -2.32. The second kappa shape index (κ2) is 10.9. The van der Waals surface area contributed by atoms with Gasteiger partial charge in [0.2, 0.25) is 0 Å². The molecule has 0 radical (unpaired) electrons. The Morgan fingerprint density at radius 3 is 2.57 bits per heavy atom. The Balaban J connectivity index is 1.13. The summed E-state index contributed by atoms with van der Waals surface area (Å²) in [5.41, 5.74) is 1.79. The number of nitrogens with zero attached hydrogens (tertiary/aromatic N) is 3. The third kappa shape index (κ3) is 5.78. The molecule has 2 aromatic carbocycles. The Labute approximate surface area is 213 Å². The van der Waals surface area contributed by atoms with Gasteiger partial charge in [-0.3, -0.25) is 4.79 Å². The van der Waals surface area contributed by atoms with Crippen LogP contribution < -0.4 is 15.0 Å². The van der Waals surface area contributed by atoms with E-state index in [0.717, 1.165) is 37.3 Å². The van der Waals surface area contributed by atoms with Crippen LogP contribution in [0, 0.1) is 5.92 Å². The van der Waals surface area contributed by atoms with Gasteiger partial charge in [0.15, 0.2) is 17.8 Å². The summed E-state index contributed by atoms with van der Waals surface area (Å²) in [7, 11) is 0. The second-order valence-corrected chi connectivity index (χ2v) is 8.83. The molecule has 1 aliphatic rings. The van der Waals surface area contributed by atoms with Crippen LogP contribution in [0.15, 0.2) is 83.7 Å². The Morgan fingerprint density at radius 1 is 1.03 bits per heavy atom. The number of aromatic nitrogens is 2. The van der Waals surface area contributed by atoms with Gasteiger partial charge in [0.1, 0.15) is 11.6 Å². The number of carbonyl (C=O) groups excluding carboxylic acids is 1. The van der Waals surface area contributed by atoms with E-state index < -0.39 is 5.97 Å². The number of oxazole rings is 1. The molecule has 1 aliphatic heterocycles. The lowest BCUT2D eigenvalue weighted by Crippen LogP contribution is -2.36. The lowest BCUT2D eigenvalue weighted by molar-refractivity contribution is 0.0696. The van der Waals surface area contributed by atoms with Crippen LogP contribution in [0.1, 0.15) is 33.7 Å². The van der Waals surface area contributed by atoms with Crippen molar-refractivity contribution in [2.75, 3.05) is 29.9 Å². The highest BCUT2D eigenvalue weighted by atomic mass is 16.5. The highest BCUT2D eigenvalue weighted by Gasteiger charge is 2.22. The Bertz CT molecular complexity index is 1360. The van der Waals surface area contributed by atoms with E-state index in [4.69, 9.17) is 14.3 Å². The van der Waals surface area contributed by atoms with Gasteiger partial charge in [-0.25, -0.2) is 14.8 Å². The number of carboxylic acid groups (broad SMARTS) is 1. The van der Waals surface area contributed by atoms with Crippen molar-refractivity contribution < 1.29 is 23.8 Å². The number of carbonyl (C=O) groups is 2. The molecule has 0 atom stereocenters. The van der Waals surface area contributed by atoms with Gasteiger partial charge < -0.3 is 24.5 Å². The fourth-order valence-electron chi connectivity index (χ4n) is 4.30. The number of hydrogen-bond acceptors (Lipinski definition) is 7. The normalized spacial score (nSPS) is 13.8. The molecule has 9 heteroatoms. The number of amides is 1. The zero-order chi connectivity index (χ0) is 25.6. The van der Waals surface area contributed by atoms with Crippen molar-refractivity contribution in [3.8, 4) is 17.1 Å². The van der Waals surface area contributed by atoms with E-state index in [1.807, 2.05) is 42.5 Å². The average Bonchev–Trinajstić information content (AvgIpc) is 3.44. The third-order valence-corrected chi connectivity index (χ3v) is 6.33. The van der Waals surface area contributed by atoms with Crippen molar-refractivity contribution in [2.45, 2.75) is 12.8 Å². The average molecular weight is 499 g/mol. The number of piperidine rings is 1. The Hall–Kier alpha value is -4.66. The van der Waals surface area contributed by atoms with Gasteiger partial charge in [-0.15, -0.1) is 0 Å². The molecule has 188 valence electrons. The first-order chi connectivity index (χ1) is 18.1. The smallest absolute Gasteiger partial charge is 0.335 e. The van der Waals surface area contributed by atoms with E-state index in [-0.39, 0.29) is 17.2 Å². The van der Waals surface area contributed by atoms with Crippen LogP contribution in [0.25, 0.3) is 11.3 Å². The van der Waals surface area contributed by atoms with Crippen LogP contribution in [0.2, 0.25) is 0 Å². The van der Waals surface area contributed by atoms with Crippen molar-refractivity contribution in [3.05, 3.63) is 90.6 Å². The summed E-state index contributed by atoms with van der Waals surface area (Å²) in [4.78, 5) is 34.8. The number of hydrogen-bond donors (Lipinski definition) is 2. The molecule has 2 N–H and O–H groups in total. The monoisotopic (exact) mass is 498 g/mol. The molecule has 0 bridgehead atoms. The molecule has 0 unspecified atom stereocenters. The highest BCUT2D eigenvalue weighted by Crippen LogP contribution is 2.26. The number of rotatable bonds is 8. The van der Waals surface area contributed by atoms with Crippen LogP contribution in [0.3, 0.4) is 0 Å². The highest BCUT2D eigenvalue weighted by molar-refractivity contribution is 6.06. The molecule has 1 saturated heterocycles. The van der Waals surface area contributed by atoms with Crippen LogP contribution in [0.4, 0.5) is 11.5 Å². The Kier molecular flexibility index (Phi) is 7.12. The summed E-state index contributed by atoms with van der Waals surface area (Å²) in [6.45, 7) is 2.21. The van der Waals surface area contributed by atoms with Crippen molar-refractivity contribution >= 4 is 23.4 Å². The molecule has 3 heterocycles. The maximum atomic E-state index is 12.8. The maximum absolute atomic E-state index is 12.8. The fraction of sp³-hybridized carbons (Fsp3) is 0.214. The van der Waals surface area contributed by atoms with Crippen molar-refractivity contribution in [1.82, 2.24) is 9.97 Å². The number of pyridine rings is 1. The second-order valence-electron chi connectivity index (χ2n) is 8.83. The molecule has 0 spiro atoms.